The zero-order chi connectivity index (χ0) is 11.1. The van der Waals surface area contributed by atoms with Crippen LogP contribution in [-0.4, -0.2) is 64.2 Å². The first kappa shape index (κ1) is 13.5. The van der Waals surface area contributed by atoms with Gasteiger partial charge in [0.1, 0.15) is 12.2 Å². The molecule has 0 saturated heterocycles. The molecule has 0 fully saturated rings. The van der Waals surface area contributed by atoms with E-state index in [4.69, 9.17) is 10.2 Å². The van der Waals surface area contributed by atoms with Crippen molar-refractivity contribution in [2.45, 2.75) is 31.3 Å². The first-order valence-corrected chi connectivity index (χ1v) is 4.42. The number of hydrogen-bond donors (Lipinski definition) is 5. The van der Waals surface area contributed by atoms with Gasteiger partial charge in [-0.3, -0.25) is 0 Å². The summed E-state index contributed by atoms with van der Waals surface area (Å²) in [6.07, 6.45) is -4.05. The lowest BCUT2D eigenvalue weighted by molar-refractivity contribution is -0.123. The van der Waals surface area contributed by atoms with Crippen LogP contribution in [-0.2, 0) is 4.79 Å². The van der Waals surface area contributed by atoms with E-state index < -0.39 is 31.0 Å². The molecule has 0 aromatic heterocycles. The number of carbonyl (C=O) groups excluding carboxylic acids is 1. The lowest BCUT2D eigenvalue weighted by Gasteiger charge is -2.28. The molecule has 0 aromatic carbocycles. The average molecular weight is 207 g/mol. The third-order valence-electron chi connectivity index (χ3n) is 1.90. The van der Waals surface area contributed by atoms with E-state index >= 15 is 0 Å². The molecule has 0 bridgehead atoms. The molecular weight excluding hydrogens is 190 g/mol. The molecule has 0 heterocycles. The summed E-state index contributed by atoms with van der Waals surface area (Å²) in [6.45, 7) is 1.61. The van der Waals surface area contributed by atoms with E-state index in [9.17, 15) is 15.0 Å². The molecular formula is C8H17NO5. The van der Waals surface area contributed by atoms with Crippen LogP contribution in [0.3, 0.4) is 0 Å². The van der Waals surface area contributed by atoms with Crippen molar-refractivity contribution in [1.29, 1.82) is 0 Å². The summed E-state index contributed by atoms with van der Waals surface area (Å²) < 4.78 is 0. The fourth-order valence-electron chi connectivity index (χ4n) is 1.13. The molecule has 6 nitrogen and oxygen atoms in total. The number of likely N-dealkylation sites (N-methyl/N-ethyl adjacent to an activating group) is 1. The quantitative estimate of drug-likeness (QED) is 0.289. The van der Waals surface area contributed by atoms with Crippen molar-refractivity contribution >= 4 is 6.29 Å². The average Bonchev–Trinajstić information content (AvgIpc) is 2.22. The Morgan fingerprint density at radius 3 is 2.29 bits per heavy atom. The van der Waals surface area contributed by atoms with Crippen LogP contribution in [0.2, 0.25) is 0 Å². The van der Waals surface area contributed by atoms with Crippen LogP contribution in [0, 0.1) is 0 Å². The molecule has 0 amide bonds. The minimum absolute atomic E-state index is 0.180. The van der Waals surface area contributed by atoms with Crippen molar-refractivity contribution in [3.63, 3.8) is 0 Å². The molecule has 0 aliphatic carbocycles. The Morgan fingerprint density at radius 1 is 1.36 bits per heavy atom. The Morgan fingerprint density at radius 2 is 1.93 bits per heavy atom. The Kier molecular flexibility index (Phi) is 6.60. The van der Waals surface area contributed by atoms with E-state index in [-0.39, 0.29) is 6.29 Å². The van der Waals surface area contributed by atoms with Crippen LogP contribution in [0.5, 0.6) is 0 Å². The third-order valence-corrected chi connectivity index (χ3v) is 1.90. The molecule has 0 aliphatic rings. The Balaban J connectivity index is 4.38. The minimum atomic E-state index is -1.57. The molecule has 6 heteroatoms. The summed E-state index contributed by atoms with van der Waals surface area (Å²) in [5.41, 5.74) is 0. The molecule has 5 N–H and O–H groups in total. The van der Waals surface area contributed by atoms with Crippen LogP contribution >= 0.6 is 0 Å². The van der Waals surface area contributed by atoms with E-state index in [0.29, 0.717) is 6.54 Å². The molecule has 0 aromatic rings. The first-order chi connectivity index (χ1) is 6.58. The standard InChI is InChI=1S/C8H17NO5/c1-2-9-7(5(12)3-10)8(14)6(13)4-11/h4-10,12-14H,2-3H2,1H3/t5-,6+,7+,8-/m1/s1. The molecule has 0 unspecified atom stereocenters. The summed E-state index contributed by atoms with van der Waals surface area (Å²) in [6, 6.07) is -0.926. The van der Waals surface area contributed by atoms with Crippen molar-refractivity contribution in [3.05, 3.63) is 0 Å². The molecule has 84 valence electrons. The molecule has 0 radical (unpaired) electrons. The smallest absolute Gasteiger partial charge is 0.151 e. The first-order valence-electron chi connectivity index (χ1n) is 4.42. The van der Waals surface area contributed by atoms with Gasteiger partial charge in [0, 0.05) is 0 Å². The van der Waals surface area contributed by atoms with Gasteiger partial charge in [-0.25, -0.2) is 0 Å². The second kappa shape index (κ2) is 6.86. The van der Waals surface area contributed by atoms with Gasteiger partial charge in [0.2, 0.25) is 0 Å². The largest absolute Gasteiger partial charge is 0.394 e. The Labute approximate surface area is 82.2 Å². The van der Waals surface area contributed by atoms with Crippen LogP contribution in [0.15, 0.2) is 0 Å². The van der Waals surface area contributed by atoms with Gasteiger partial charge in [-0.1, -0.05) is 6.92 Å². The number of aldehydes is 1. The highest BCUT2D eigenvalue weighted by molar-refractivity contribution is 5.56. The summed E-state index contributed by atoms with van der Waals surface area (Å²) in [7, 11) is 0. The van der Waals surface area contributed by atoms with Gasteiger partial charge in [-0.15, -0.1) is 0 Å². The van der Waals surface area contributed by atoms with Crippen molar-refractivity contribution in [1.82, 2.24) is 5.32 Å². The lowest BCUT2D eigenvalue weighted by atomic mass is 10.0. The van der Waals surface area contributed by atoms with E-state index in [1.54, 1.807) is 6.92 Å². The monoisotopic (exact) mass is 207 g/mol. The summed E-state index contributed by atoms with van der Waals surface area (Å²) in [5.74, 6) is 0. The number of hydrogen-bond acceptors (Lipinski definition) is 6. The maximum atomic E-state index is 10.2. The van der Waals surface area contributed by atoms with Crippen molar-refractivity contribution in [3.8, 4) is 0 Å². The zero-order valence-electron chi connectivity index (χ0n) is 8.00. The van der Waals surface area contributed by atoms with Gasteiger partial charge in [-0.05, 0) is 6.54 Å². The Hall–Kier alpha value is -0.530. The van der Waals surface area contributed by atoms with Crippen LogP contribution < -0.4 is 5.32 Å². The van der Waals surface area contributed by atoms with E-state index in [1.807, 2.05) is 0 Å². The molecule has 0 spiro atoms. The number of nitrogens with one attached hydrogen (secondary N) is 1. The maximum absolute atomic E-state index is 10.2. The minimum Gasteiger partial charge on any atom is -0.394 e. The van der Waals surface area contributed by atoms with Gasteiger partial charge in [-0.2, -0.15) is 0 Å². The number of aliphatic hydroxyl groups is 4. The maximum Gasteiger partial charge on any atom is 0.151 e. The van der Waals surface area contributed by atoms with Gasteiger partial charge in [0.05, 0.1) is 18.8 Å². The fraction of sp³-hybridized carbons (Fsp3) is 0.875. The topological polar surface area (TPSA) is 110 Å². The van der Waals surface area contributed by atoms with Crippen molar-refractivity contribution in [2.24, 2.45) is 0 Å². The SMILES string of the molecule is CCN[C@H]([C@H](O)[C@@H](O)C=O)[C@H](O)CO. The van der Waals surface area contributed by atoms with Crippen molar-refractivity contribution in [2.75, 3.05) is 13.2 Å². The number of aliphatic hydroxyl groups excluding tert-OH is 4. The molecule has 0 saturated carbocycles. The molecule has 4 atom stereocenters. The van der Waals surface area contributed by atoms with Gasteiger partial charge < -0.3 is 30.5 Å². The predicted molar refractivity (Wildman–Crippen MR) is 48.6 cm³/mol. The summed E-state index contributed by atoms with van der Waals surface area (Å²) >= 11 is 0. The molecule has 0 rings (SSSR count). The highest BCUT2D eigenvalue weighted by Gasteiger charge is 2.30. The van der Waals surface area contributed by atoms with Gasteiger partial charge in [0.15, 0.2) is 6.29 Å². The van der Waals surface area contributed by atoms with Crippen LogP contribution in [0.1, 0.15) is 6.92 Å². The van der Waals surface area contributed by atoms with E-state index in [1.165, 1.54) is 0 Å². The number of rotatable bonds is 7. The summed E-state index contributed by atoms with van der Waals surface area (Å²) in [4.78, 5) is 10.2. The highest BCUT2D eigenvalue weighted by atomic mass is 16.3. The normalized spacial score (nSPS) is 19.8. The van der Waals surface area contributed by atoms with Crippen molar-refractivity contribution < 1.29 is 25.2 Å². The number of carbonyl (C=O) groups is 1. The van der Waals surface area contributed by atoms with Gasteiger partial charge in [0.25, 0.3) is 0 Å². The zero-order valence-corrected chi connectivity index (χ0v) is 8.00. The third kappa shape index (κ3) is 3.69. The van der Waals surface area contributed by atoms with Crippen LogP contribution in [0.4, 0.5) is 0 Å². The second-order valence-corrected chi connectivity index (χ2v) is 2.95. The fourth-order valence-corrected chi connectivity index (χ4v) is 1.13. The Bertz CT molecular complexity index is 166. The predicted octanol–water partition coefficient (Wildman–Crippen LogP) is -2.76. The highest BCUT2D eigenvalue weighted by Crippen LogP contribution is 2.03. The van der Waals surface area contributed by atoms with E-state index in [0.717, 1.165) is 0 Å². The van der Waals surface area contributed by atoms with E-state index in [2.05, 4.69) is 5.32 Å². The lowest BCUT2D eigenvalue weighted by Crippen LogP contribution is -2.54. The molecule has 14 heavy (non-hydrogen) atoms. The molecule has 0 aliphatic heterocycles. The van der Waals surface area contributed by atoms with Crippen LogP contribution in [0.25, 0.3) is 0 Å². The second-order valence-electron chi connectivity index (χ2n) is 2.95. The van der Waals surface area contributed by atoms with Gasteiger partial charge >= 0.3 is 0 Å². The summed E-state index contributed by atoms with van der Waals surface area (Å²) in [5, 5.41) is 39.0.